The Bertz CT molecular complexity index is 577. The van der Waals surface area contributed by atoms with E-state index in [-0.39, 0.29) is 17.6 Å². The van der Waals surface area contributed by atoms with Gasteiger partial charge in [0.2, 0.25) is 5.82 Å². The molecule has 2 rings (SSSR count). The lowest BCUT2D eigenvalue weighted by Gasteiger charge is -2.03. The molecule has 0 spiro atoms. The standard InChI is InChI=1S/C14H17ClN4O/c1-9(2)12-17-13(19-18-12)14(20)16-8-7-10-3-5-11(15)6-4-10/h3-6,9H,7-8H2,1-2H3,(H,16,20)(H,17,18,19). The zero-order valence-corrected chi connectivity index (χ0v) is 12.2. The minimum atomic E-state index is -0.262. The molecule has 0 atom stereocenters. The monoisotopic (exact) mass is 292 g/mol. The molecule has 0 saturated carbocycles. The number of nitrogens with one attached hydrogen (secondary N) is 2. The van der Waals surface area contributed by atoms with Crippen molar-refractivity contribution in [3.63, 3.8) is 0 Å². The van der Waals surface area contributed by atoms with Crippen molar-refractivity contribution >= 4 is 17.5 Å². The van der Waals surface area contributed by atoms with Gasteiger partial charge in [0.05, 0.1) is 0 Å². The van der Waals surface area contributed by atoms with E-state index < -0.39 is 0 Å². The van der Waals surface area contributed by atoms with E-state index in [1.807, 2.05) is 38.1 Å². The van der Waals surface area contributed by atoms with Crippen LogP contribution >= 0.6 is 11.6 Å². The average molecular weight is 293 g/mol. The van der Waals surface area contributed by atoms with E-state index in [2.05, 4.69) is 20.5 Å². The Morgan fingerprint density at radius 3 is 2.65 bits per heavy atom. The van der Waals surface area contributed by atoms with Crippen molar-refractivity contribution in [1.82, 2.24) is 20.5 Å². The van der Waals surface area contributed by atoms with E-state index in [4.69, 9.17) is 11.6 Å². The van der Waals surface area contributed by atoms with Crippen molar-refractivity contribution in [2.24, 2.45) is 0 Å². The molecular formula is C14H17ClN4O. The van der Waals surface area contributed by atoms with E-state index in [1.165, 1.54) is 0 Å². The lowest BCUT2D eigenvalue weighted by atomic mass is 10.1. The molecule has 0 aliphatic heterocycles. The highest BCUT2D eigenvalue weighted by atomic mass is 35.5. The molecule has 20 heavy (non-hydrogen) atoms. The number of carbonyl (C=O) groups is 1. The molecule has 6 heteroatoms. The number of rotatable bonds is 5. The molecule has 0 aliphatic carbocycles. The first-order valence-electron chi connectivity index (χ1n) is 6.51. The predicted octanol–water partition coefficient (Wildman–Crippen LogP) is 2.55. The van der Waals surface area contributed by atoms with E-state index in [9.17, 15) is 4.79 Å². The third-order valence-electron chi connectivity index (χ3n) is 2.87. The summed E-state index contributed by atoms with van der Waals surface area (Å²) in [5.74, 6) is 0.859. The van der Waals surface area contributed by atoms with Gasteiger partial charge in [0.1, 0.15) is 5.82 Å². The third kappa shape index (κ3) is 3.81. The Balaban J connectivity index is 1.84. The van der Waals surface area contributed by atoms with Crippen LogP contribution in [0.15, 0.2) is 24.3 Å². The summed E-state index contributed by atoms with van der Waals surface area (Å²) in [7, 11) is 0. The summed E-state index contributed by atoms with van der Waals surface area (Å²) in [6, 6.07) is 7.56. The number of benzene rings is 1. The molecule has 0 unspecified atom stereocenters. The zero-order chi connectivity index (χ0) is 14.5. The molecule has 2 N–H and O–H groups in total. The zero-order valence-electron chi connectivity index (χ0n) is 11.5. The Morgan fingerprint density at radius 2 is 2.05 bits per heavy atom. The van der Waals surface area contributed by atoms with E-state index in [0.29, 0.717) is 17.4 Å². The van der Waals surface area contributed by atoms with Gasteiger partial charge in [0.25, 0.3) is 5.91 Å². The summed E-state index contributed by atoms with van der Waals surface area (Å²) in [5.41, 5.74) is 1.12. The van der Waals surface area contributed by atoms with Gasteiger partial charge in [0, 0.05) is 17.5 Å². The van der Waals surface area contributed by atoms with Gasteiger partial charge < -0.3 is 5.32 Å². The van der Waals surface area contributed by atoms with Crippen molar-refractivity contribution < 1.29 is 4.79 Å². The second-order valence-corrected chi connectivity index (χ2v) is 5.27. The van der Waals surface area contributed by atoms with Crippen LogP contribution in [-0.2, 0) is 6.42 Å². The average Bonchev–Trinajstić information content (AvgIpc) is 2.91. The molecule has 106 valence electrons. The summed E-state index contributed by atoms with van der Waals surface area (Å²) >= 11 is 5.81. The molecule has 1 aromatic carbocycles. The van der Waals surface area contributed by atoms with E-state index in [1.54, 1.807) is 0 Å². The van der Waals surface area contributed by atoms with Gasteiger partial charge >= 0.3 is 0 Å². The van der Waals surface area contributed by atoms with Crippen LogP contribution in [0.1, 0.15) is 41.8 Å². The van der Waals surface area contributed by atoms with Crippen molar-refractivity contribution in [3.8, 4) is 0 Å². The molecule has 0 aliphatic rings. The molecule has 2 aromatic rings. The van der Waals surface area contributed by atoms with E-state index in [0.717, 1.165) is 12.0 Å². The Hall–Kier alpha value is -1.88. The number of aromatic nitrogens is 3. The first kappa shape index (κ1) is 14.5. The fraction of sp³-hybridized carbons (Fsp3) is 0.357. The molecule has 1 heterocycles. The van der Waals surface area contributed by atoms with Gasteiger partial charge in [-0.3, -0.25) is 9.89 Å². The predicted molar refractivity (Wildman–Crippen MR) is 78.0 cm³/mol. The van der Waals surface area contributed by atoms with Crippen LogP contribution in [0.25, 0.3) is 0 Å². The number of amides is 1. The maximum absolute atomic E-state index is 11.8. The molecule has 0 saturated heterocycles. The van der Waals surface area contributed by atoms with Crippen molar-refractivity contribution in [2.45, 2.75) is 26.2 Å². The maximum Gasteiger partial charge on any atom is 0.290 e. The molecule has 0 fully saturated rings. The van der Waals surface area contributed by atoms with Crippen LogP contribution in [0.2, 0.25) is 5.02 Å². The number of aromatic amines is 1. The molecule has 5 nitrogen and oxygen atoms in total. The summed E-state index contributed by atoms with van der Waals surface area (Å²) in [6.45, 7) is 4.51. The number of nitrogens with zero attached hydrogens (tertiary/aromatic N) is 2. The topological polar surface area (TPSA) is 70.7 Å². The van der Waals surface area contributed by atoms with Crippen LogP contribution in [0.4, 0.5) is 0 Å². The third-order valence-corrected chi connectivity index (χ3v) is 3.12. The minimum Gasteiger partial charge on any atom is -0.349 e. The highest BCUT2D eigenvalue weighted by Gasteiger charge is 2.13. The summed E-state index contributed by atoms with van der Waals surface area (Å²) in [4.78, 5) is 16.0. The SMILES string of the molecule is CC(C)c1nc(C(=O)NCCc2ccc(Cl)cc2)n[nH]1. The smallest absolute Gasteiger partial charge is 0.290 e. The number of halogens is 1. The number of carbonyl (C=O) groups excluding carboxylic acids is 1. The minimum absolute atomic E-state index is 0.185. The second kappa shape index (κ2) is 6.52. The summed E-state index contributed by atoms with van der Waals surface area (Å²) in [5, 5.41) is 10.2. The summed E-state index contributed by atoms with van der Waals surface area (Å²) < 4.78 is 0. The largest absolute Gasteiger partial charge is 0.349 e. The lowest BCUT2D eigenvalue weighted by molar-refractivity contribution is 0.0944. The maximum atomic E-state index is 11.8. The fourth-order valence-corrected chi connectivity index (χ4v) is 1.81. The lowest BCUT2D eigenvalue weighted by Crippen LogP contribution is -2.26. The number of hydrogen-bond acceptors (Lipinski definition) is 3. The highest BCUT2D eigenvalue weighted by Crippen LogP contribution is 2.10. The van der Waals surface area contributed by atoms with Crippen molar-refractivity contribution in [2.75, 3.05) is 6.54 Å². The molecule has 1 aromatic heterocycles. The Labute approximate surface area is 122 Å². The highest BCUT2D eigenvalue weighted by molar-refractivity contribution is 6.30. The van der Waals surface area contributed by atoms with Gasteiger partial charge in [-0.1, -0.05) is 37.6 Å². The van der Waals surface area contributed by atoms with Gasteiger partial charge in [-0.2, -0.15) is 0 Å². The number of H-pyrrole nitrogens is 1. The molecule has 0 radical (unpaired) electrons. The van der Waals surface area contributed by atoms with Gasteiger partial charge in [-0.15, -0.1) is 5.10 Å². The first-order valence-corrected chi connectivity index (χ1v) is 6.89. The molecule has 0 bridgehead atoms. The van der Waals surface area contributed by atoms with Gasteiger partial charge in [0.15, 0.2) is 0 Å². The van der Waals surface area contributed by atoms with Crippen LogP contribution < -0.4 is 5.32 Å². The fourth-order valence-electron chi connectivity index (χ4n) is 1.68. The quantitative estimate of drug-likeness (QED) is 0.890. The van der Waals surface area contributed by atoms with E-state index >= 15 is 0 Å². The normalized spacial score (nSPS) is 10.8. The second-order valence-electron chi connectivity index (χ2n) is 4.83. The summed E-state index contributed by atoms with van der Waals surface area (Å²) in [6.07, 6.45) is 0.740. The van der Waals surface area contributed by atoms with Crippen molar-refractivity contribution in [3.05, 3.63) is 46.5 Å². The van der Waals surface area contributed by atoms with Crippen LogP contribution in [0, 0.1) is 0 Å². The van der Waals surface area contributed by atoms with Crippen LogP contribution in [0.5, 0.6) is 0 Å². The Morgan fingerprint density at radius 1 is 1.35 bits per heavy atom. The van der Waals surface area contributed by atoms with Crippen LogP contribution in [-0.4, -0.2) is 27.6 Å². The molecular weight excluding hydrogens is 276 g/mol. The number of hydrogen-bond donors (Lipinski definition) is 2. The first-order chi connectivity index (χ1) is 9.56. The van der Waals surface area contributed by atoms with Crippen molar-refractivity contribution in [1.29, 1.82) is 0 Å². The molecule has 1 amide bonds. The Kier molecular flexibility index (Phi) is 4.74. The van der Waals surface area contributed by atoms with Gasteiger partial charge in [-0.05, 0) is 24.1 Å². The van der Waals surface area contributed by atoms with Crippen LogP contribution in [0.3, 0.4) is 0 Å². The van der Waals surface area contributed by atoms with Gasteiger partial charge in [-0.25, -0.2) is 4.98 Å².